The zero-order chi connectivity index (χ0) is 64.9. The molecule has 0 spiro atoms. The SMILES string of the molecule is C=C=C=CC(CCCCCC)Cc1cc(-c2c(F)c(F)c(-c3cc(CC(CCCC)CCCCCC)c(C)s3)c3nsnc23)sc1-c1ccc(-c2c(OCCCCCCCCCCCC)c(OCCCCCCCCCCCC)c(-c3ccc(C)s3)c3nsnc23)s1. The van der Waals surface area contributed by atoms with Crippen LogP contribution in [0.15, 0.2) is 60.5 Å². The van der Waals surface area contributed by atoms with Crippen LogP contribution in [0.3, 0.4) is 0 Å². The number of hydrogen-bond donors (Lipinski definition) is 0. The Labute approximate surface area is 576 Å². The molecular formula is C78H106F2N4O2S6. The first-order valence-electron chi connectivity index (χ1n) is 35.9. The van der Waals surface area contributed by atoms with Crippen LogP contribution in [0.1, 0.15) is 267 Å². The van der Waals surface area contributed by atoms with Crippen LogP contribution < -0.4 is 9.47 Å². The smallest absolute Gasteiger partial charge is 0.172 e. The molecule has 0 saturated heterocycles. The summed E-state index contributed by atoms with van der Waals surface area (Å²) >= 11 is 8.76. The summed E-state index contributed by atoms with van der Waals surface area (Å²) < 4.78 is 69.3. The number of benzene rings is 2. The Morgan fingerprint density at radius 1 is 0.446 bits per heavy atom. The Morgan fingerprint density at radius 2 is 0.870 bits per heavy atom. The Balaban J connectivity index is 1.19. The summed E-state index contributed by atoms with van der Waals surface area (Å²) in [5.74, 6) is 0.418. The molecule has 0 aliphatic rings. The van der Waals surface area contributed by atoms with E-state index in [0.29, 0.717) is 46.3 Å². The first kappa shape index (κ1) is 73.4. The third-order valence-electron chi connectivity index (χ3n) is 18.4. The lowest BCUT2D eigenvalue weighted by molar-refractivity contribution is 0.260. The second-order valence-corrected chi connectivity index (χ2v) is 31.6. The molecule has 500 valence electrons. The van der Waals surface area contributed by atoms with Gasteiger partial charge in [0.1, 0.15) is 22.1 Å². The fraction of sp³-hybridized carbons (Fsp3) is 0.590. The molecule has 0 radical (unpaired) electrons. The van der Waals surface area contributed by atoms with E-state index >= 15 is 8.78 Å². The zero-order valence-corrected chi connectivity index (χ0v) is 61.8. The van der Waals surface area contributed by atoms with E-state index in [4.69, 9.17) is 27.0 Å². The minimum atomic E-state index is -0.879. The average molecular weight is 1360 g/mol. The molecule has 0 aliphatic heterocycles. The van der Waals surface area contributed by atoms with Crippen LogP contribution in [-0.4, -0.2) is 30.7 Å². The molecule has 0 saturated carbocycles. The fourth-order valence-electron chi connectivity index (χ4n) is 13.1. The summed E-state index contributed by atoms with van der Waals surface area (Å²) in [5.41, 5.74) is 13.1. The number of unbranched alkanes of at least 4 members (excludes halogenated alkanes) is 25. The molecule has 2 atom stereocenters. The molecule has 0 bridgehead atoms. The van der Waals surface area contributed by atoms with Crippen LogP contribution >= 0.6 is 68.8 Å². The van der Waals surface area contributed by atoms with Gasteiger partial charge in [0.25, 0.3) is 0 Å². The first-order chi connectivity index (χ1) is 45.1. The van der Waals surface area contributed by atoms with E-state index in [1.165, 1.54) is 194 Å². The molecule has 2 aromatic carbocycles. The van der Waals surface area contributed by atoms with Gasteiger partial charge < -0.3 is 9.47 Å². The summed E-state index contributed by atoms with van der Waals surface area (Å²) in [5, 5.41) is 0. The number of aryl methyl sites for hydroxylation is 2. The molecule has 6 nitrogen and oxygen atoms in total. The van der Waals surface area contributed by atoms with Crippen molar-refractivity contribution in [1.29, 1.82) is 0 Å². The number of aromatic nitrogens is 4. The van der Waals surface area contributed by atoms with Crippen molar-refractivity contribution in [2.45, 2.75) is 273 Å². The number of halogens is 2. The van der Waals surface area contributed by atoms with Crippen molar-refractivity contribution in [1.82, 2.24) is 17.5 Å². The van der Waals surface area contributed by atoms with Crippen LogP contribution in [0, 0.1) is 37.3 Å². The monoisotopic (exact) mass is 1360 g/mol. The number of allylic oxidation sites excluding steroid dienone is 1. The molecule has 0 amide bonds. The van der Waals surface area contributed by atoms with E-state index in [1.54, 1.807) is 34.0 Å². The summed E-state index contributed by atoms with van der Waals surface area (Å²) in [4.78, 5) is 7.85. The fourth-order valence-corrected chi connectivity index (χ4v) is 18.6. The van der Waals surface area contributed by atoms with Gasteiger partial charge in [-0.2, -0.15) is 17.5 Å². The molecule has 2 unspecified atom stereocenters. The molecule has 6 heterocycles. The molecule has 14 heteroatoms. The highest BCUT2D eigenvalue weighted by molar-refractivity contribution is 7.25. The number of hydrogen-bond acceptors (Lipinski definition) is 12. The highest BCUT2D eigenvalue weighted by Gasteiger charge is 2.32. The summed E-state index contributed by atoms with van der Waals surface area (Å²) in [6.07, 6.45) is 43.8. The van der Waals surface area contributed by atoms with Crippen LogP contribution in [0.25, 0.3) is 73.6 Å². The summed E-state index contributed by atoms with van der Waals surface area (Å²) in [7, 11) is 0. The van der Waals surface area contributed by atoms with Crippen molar-refractivity contribution in [3.8, 4) is 63.0 Å². The molecule has 0 N–H and O–H groups in total. The Kier molecular flexibility index (Phi) is 32.1. The van der Waals surface area contributed by atoms with Crippen molar-refractivity contribution in [3.63, 3.8) is 0 Å². The summed E-state index contributed by atoms with van der Waals surface area (Å²) in [6, 6.07) is 13.0. The molecule has 8 aromatic rings. The predicted octanol–water partition coefficient (Wildman–Crippen LogP) is 27.7. The number of nitrogens with zero attached hydrogens (tertiary/aromatic N) is 4. The number of thiophene rings is 4. The lowest BCUT2D eigenvalue weighted by Gasteiger charge is -2.20. The second kappa shape index (κ2) is 40.3. The average Bonchev–Trinajstić information content (AvgIpc) is 1.51. The van der Waals surface area contributed by atoms with Crippen molar-refractivity contribution in [2.24, 2.45) is 11.8 Å². The maximum Gasteiger partial charge on any atom is 0.172 e. The first-order valence-corrected chi connectivity index (χ1v) is 40.6. The number of rotatable bonds is 47. The number of fused-ring (bicyclic) bond motifs is 2. The Hall–Kier alpha value is -4.36. The molecule has 92 heavy (non-hydrogen) atoms. The quantitative estimate of drug-likeness (QED) is 0.0280. The highest BCUT2D eigenvalue weighted by Crippen LogP contribution is 2.55. The van der Waals surface area contributed by atoms with Gasteiger partial charge in [-0.3, -0.25) is 0 Å². The third kappa shape index (κ3) is 20.8. The highest BCUT2D eigenvalue weighted by atomic mass is 32.1. The topological polar surface area (TPSA) is 70.0 Å². The van der Waals surface area contributed by atoms with E-state index in [9.17, 15) is 0 Å². The maximum atomic E-state index is 17.7. The van der Waals surface area contributed by atoms with Gasteiger partial charge in [-0.05, 0) is 118 Å². The summed E-state index contributed by atoms with van der Waals surface area (Å²) in [6.45, 7) is 20.6. The van der Waals surface area contributed by atoms with Crippen LogP contribution in [0.5, 0.6) is 11.5 Å². The van der Waals surface area contributed by atoms with Gasteiger partial charge in [0.05, 0.1) is 58.9 Å². The second-order valence-electron chi connectivity index (χ2n) is 25.9. The van der Waals surface area contributed by atoms with E-state index in [2.05, 4.69) is 109 Å². The minimum Gasteiger partial charge on any atom is -0.489 e. The lowest BCUT2D eigenvalue weighted by atomic mass is 9.89. The Bertz CT molecular complexity index is 3550. The van der Waals surface area contributed by atoms with E-state index < -0.39 is 11.6 Å². The van der Waals surface area contributed by atoms with E-state index in [1.807, 2.05) is 0 Å². The number of ether oxygens (including phenoxy) is 2. The van der Waals surface area contributed by atoms with Gasteiger partial charge in [0.2, 0.25) is 0 Å². The van der Waals surface area contributed by atoms with E-state index in [-0.39, 0.29) is 17.0 Å². The van der Waals surface area contributed by atoms with Crippen LogP contribution in [0.2, 0.25) is 0 Å². The third-order valence-corrected chi connectivity index (χ3v) is 24.0. The normalized spacial score (nSPS) is 12.4. The van der Waals surface area contributed by atoms with Crippen LogP contribution in [0.4, 0.5) is 8.78 Å². The van der Waals surface area contributed by atoms with Gasteiger partial charge in [-0.15, -0.1) is 45.3 Å². The van der Waals surface area contributed by atoms with Crippen molar-refractivity contribution in [3.05, 3.63) is 93.0 Å². The lowest BCUT2D eigenvalue weighted by Crippen LogP contribution is -2.06. The maximum absolute atomic E-state index is 17.7. The van der Waals surface area contributed by atoms with Gasteiger partial charge >= 0.3 is 0 Å². The largest absolute Gasteiger partial charge is 0.489 e. The van der Waals surface area contributed by atoms with Crippen molar-refractivity contribution >= 4 is 90.9 Å². The molecule has 0 fully saturated rings. The molecule has 6 aromatic heterocycles. The van der Waals surface area contributed by atoms with Crippen LogP contribution in [-0.2, 0) is 12.8 Å². The predicted molar refractivity (Wildman–Crippen MR) is 400 cm³/mol. The Morgan fingerprint density at radius 3 is 1.37 bits per heavy atom. The van der Waals surface area contributed by atoms with Gasteiger partial charge in [-0.25, -0.2) is 8.78 Å². The molecule has 8 rings (SSSR count). The van der Waals surface area contributed by atoms with Gasteiger partial charge in [0, 0.05) is 39.0 Å². The van der Waals surface area contributed by atoms with Gasteiger partial charge in [-0.1, -0.05) is 239 Å². The molecule has 0 aliphatic carbocycles. The molecular weight excluding hydrogens is 1260 g/mol. The van der Waals surface area contributed by atoms with E-state index in [0.717, 1.165) is 133 Å². The zero-order valence-electron chi connectivity index (χ0n) is 56.9. The van der Waals surface area contributed by atoms with Gasteiger partial charge in [0.15, 0.2) is 23.1 Å². The van der Waals surface area contributed by atoms with Crippen molar-refractivity contribution in [2.75, 3.05) is 13.2 Å². The van der Waals surface area contributed by atoms with Crippen molar-refractivity contribution < 1.29 is 18.3 Å². The standard InChI is InChI=1S/C78H106F2N4O2S6/c1-9-15-21-25-27-29-31-33-35-39-49-85-76-68(61-46-45-55(7)87-61)74-75(84-92-83-74)69(77(76)86-50-40-36-34-32-30-28-26-22-16-10-2)62-47-48-63(89-62)78-60(52-58(42-20-14-6)44-38-24-18-12-4)54-65(90-78)67-71(80)70(79)66(72-73(67)82-91-81-72)64-53-59(56(8)88-64)51-57(41-19-13-5)43-37-23-17-11-3/h42,45-48,53-54,57-58H,6,9-13,15-19,21-41,43-44,49-52H2,1-5,7-8H3. The minimum absolute atomic E-state index is 0.121.